The van der Waals surface area contributed by atoms with Gasteiger partial charge in [-0.25, -0.2) is 4.79 Å². The summed E-state index contributed by atoms with van der Waals surface area (Å²) in [6.07, 6.45) is 7.73. The Hall–Kier alpha value is -1.91. The van der Waals surface area contributed by atoms with E-state index in [1.807, 2.05) is 19.9 Å². The minimum atomic E-state index is -0.627. The van der Waals surface area contributed by atoms with Gasteiger partial charge in [-0.3, -0.25) is 19.4 Å². The number of carbonyl (C=O) groups is 3. The van der Waals surface area contributed by atoms with E-state index in [0.29, 0.717) is 29.9 Å². The summed E-state index contributed by atoms with van der Waals surface area (Å²) in [5.41, 5.74) is 1.31. The number of ether oxygens (including phenoxy) is 1. The summed E-state index contributed by atoms with van der Waals surface area (Å²) >= 11 is 3.30. The van der Waals surface area contributed by atoms with Crippen LogP contribution in [0.3, 0.4) is 0 Å². The number of nitrogens with zero attached hydrogens (tertiary/aromatic N) is 2. The van der Waals surface area contributed by atoms with Crippen molar-refractivity contribution in [2.45, 2.75) is 83.5 Å². The second kappa shape index (κ2) is 16.7. The largest absolute Gasteiger partial charge is 0.449 e. The Morgan fingerprint density at radius 3 is 2.49 bits per heavy atom. The molecule has 2 unspecified atom stereocenters. The van der Waals surface area contributed by atoms with Gasteiger partial charge in [-0.2, -0.15) is 11.8 Å². The molecule has 1 saturated carbocycles. The summed E-state index contributed by atoms with van der Waals surface area (Å²) in [4.78, 5) is 43.5. The maximum absolute atomic E-state index is 13.5. The molecule has 2 N–H and O–H groups in total. The molecule has 1 aromatic rings. The average molecular weight is 605 g/mol. The van der Waals surface area contributed by atoms with Gasteiger partial charge in [-0.15, -0.1) is 11.8 Å². The van der Waals surface area contributed by atoms with E-state index in [0.717, 1.165) is 38.2 Å². The molecule has 1 aliphatic carbocycles. The van der Waals surface area contributed by atoms with Crippen molar-refractivity contribution >= 4 is 41.4 Å². The molecule has 0 spiro atoms. The lowest BCUT2D eigenvalue weighted by Crippen LogP contribution is -2.56. The number of likely N-dealkylation sites (tertiary alicyclic amines) is 1. The molecule has 2 saturated heterocycles. The van der Waals surface area contributed by atoms with Gasteiger partial charge in [0, 0.05) is 37.2 Å². The summed E-state index contributed by atoms with van der Waals surface area (Å²) in [6.45, 7) is 7.07. The fourth-order valence-electron chi connectivity index (χ4n) is 5.70. The highest BCUT2D eigenvalue weighted by molar-refractivity contribution is 7.99. The van der Waals surface area contributed by atoms with Gasteiger partial charge < -0.3 is 15.4 Å². The highest BCUT2D eigenvalue weighted by Crippen LogP contribution is 2.27. The fraction of sp³-hybridized carbons (Fsp3) is 0.710. The lowest BCUT2D eigenvalue weighted by atomic mass is 9.91. The summed E-state index contributed by atoms with van der Waals surface area (Å²) in [6, 6.07) is 9.33. The van der Waals surface area contributed by atoms with E-state index < -0.39 is 18.2 Å². The first-order valence-corrected chi connectivity index (χ1v) is 17.7. The van der Waals surface area contributed by atoms with Gasteiger partial charge in [0.2, 0.25) is 11.8 Å². The van der Waals surface area contributed by atoms with Crippen molar-refractivity contribution in [1.29, 1.82) is 0 Å². The molecule has 2 atom stereocenters. The third kappa shape index (κ3) is 10.4. The van der Waals surface area contributed by atoms with Gasteiger partial charge in [-0.1, -0.05) is 63.4 Å². The molecule has 0 aromatic heterocycles. The Balaban J connectivity index is 1.31. The Bertz CT molecular complexity index is 968. The van der Waals surface area contributed by atoms with Crippen molar-refractivity contribution in [2.75, 3.05) is 42.8 Å². The molecule has 41 heavy (non-hydrogen) atoms. The van der Waals surface area contributed by atoms with Gasteiger partial charge in [0.25, 0.3) is 0 Å². The zero-order valence-electron chi connectivity index (χ0n) is 24.7. The summed E-state index contributed by atoms with van der Waals surface area (Å²) in [5.74, 6) is 3.02. The van der Waals surface area contributed by atoms with Crippen molar-refractivity contribution < 1.29 is 19.1 Å². The smallest absolute Gasteiger partial charge is 0.411 e. The number of nitrogens with one attached hydrogen (secondary N) is 2. The van der Waals surface area contributed by atoms with Crippen molar-refractivity contribution in [3.63, 3.8) is 0 Å². The highest BCUT2D eigenvalue weighted by Gasteiger charge is 2.37. The first-order valence-electron chi connectivity index (χ1n) is 15.3. The van der Waals surface area contributed by atoms with E-state index in [1.165, 1.54) is 54.3 Å². The number of piperidine rings is 1. The van der Waals surface area contributed by atoms with Crippen LogP contribution in [0.2, 0.25) is 0 Å². The van der Waals surface area contributed by atoms with Crippen molar-refractivity contribution in [2.24, 2.45) is 11.8 Å². The quantitative estimate of drug-likeness (QED) is 0.356. The molecule has 228 valence electrons. The lowest BCUT2D eigenvalue weighted by molar-refractivity contribution is -0.130. The summed E-state index contributed by atoms with van der Waals surface area (Å²) < 4.78 is 5.41. The number of benzene rings is 1. The summed E-state index contributed by atoms with van der Waals surface area (Å²) in [5, 5.41) is 6.28. The van der Waals surface area contributed by atoms with Gasteiger partial charge >= 0.3 is 6.09 Å². The first-order chi connectivity index (χ1) is 19.9. The number of carbonyl (C=O) groups excluding carboxylic acids is 3. The van der Waals surface area contributed by atoms with Crippen LogP contribution < -0.4 is 10.6 Å². The molecule has 2 heterocycles. The second-order valence-corrected chi connectivity index (χ2v) is 14.2. The Labute approximate surface area is 254 Å². The Morgan fingerprint density at radius 1 is 1.05 bits per heavy atom. The third-order valence-corrected chi connectivity index (χ3v) is 10.4. The number of amides is 3. The van der Waals surface area contributed by atoms with Crippen LogP contribution in [0.4, 0.5) is 4.79 Å². The molecular formula is C31H48N4O4S2. The van der Waals surface area contributed by atoms with E-state index in [4.69, 9.17) is 4.74 Å². The Kier molecular flexibility index (Phi) is 13.0. The van der Waals surface area contributed by atoms with E-state index >= 15 is 0 Å². The zero-order chi connectivity index (χ0) is 29.0. The maximum Gasteiger partial charge on any atom is 0.411 e. The van der Waals surface area contributed by atoms with E-state index in [-0.39, 0.29) is 23.8 Å². The molecule has 8 nitrogen and oxygen atoms in total. The topological polar surface area (TPSA) is 91.0 Å². The van der Waals surface area contributed by atoms with Gasteiger partial charge in [-0.05, 0) is 48.8 Å². The SMILES string of the molecule is CC(C)COC(=O)N1CSCC1C(=O)NC(CSCC1CCCCC1)C(=O)NC1CCN(Cc2ccccc2)CC1. The van der Waals surface area contributed by atoms with Crippen molar-refractivity contribution in [3.8, 4) is 0 Å². The molecular weight excluding hydrogens is 556 g/mol. The predicted octanol–water partition coefficient (Wildman–Crippen LogP) is 4.73. The Morgan fingerprint density at radius 2 is 1.78 bits per heavy atom. The molecule has 10 heteroatoms. The maximum atomic E-state index is 13.5. The van der Waals surface area contributed by atoms with E-state index in [2.05, 4.69) is 39.8 Å². The zero-order valence-corrected chi connectivity index (χ0v) is 26.4. The molecule has 0 radical (unpaired) electrons. The van der Waals surface area contributed by atoms with Crippen LogP contribution in [0, 0.1) is 11.8 Å². The van der Waals surface area contributed by atoms with Crippen molar-refractivity contribution in [3.05, 3.63) is 35.9 Å². The third-order valence-electron chi connectivity index (χ3n) is 8.14. The number of hydrogen-bond donors (Lipinski definition) is 2. The van der Waals surface area contributed by atoms with Crippen LogP contribution in [0.25, 0.3) is 0 Å². The second-order valence-electron chi connectivity index (χ2n) is 12.1. The van der Waals surface area contributed by atoms with Gasteiger partial charge in [0.15, 0.2) is 0 Å². The van der Waals surface area contributed by atoms with Crippen LogP contribution in [-0.4, -0.2) is 88.7 Å². The molecule has 3 fully saturated rings. The number of hydrogen-bond acceptors (Lipinski definition) is 7. The minimum Gasteiger partial charge on any atom is -0.449 e. The highest BCUT2D eigenvalue weighted by atomic mass is 32.2. The van der Waals surface area contributed by atoms with Gasteiger partial charge in [0.05, 0.1) is 12.5 Å². The van der Waals surface area contributed by atoms with Crippen LogP contribution in [0.15, 0.2) is 30.3 Å². The monoisotopic (exact) mass is 604 g/mol. The normalized spacial score (nSPS) is 21.5. The molecule has 3 aliphatic rings. The summed E-state index contributed by atoms with van der Waals surface area (Å²) in [7, 11) is 0. The van der Waals surface area contributed by atoms with Crippen molar-refractivity contribution in [1.82, 2.24) is 20.4 Å². The molecule has 3 amide bonds. The predicted molar refractivity (Wildman–Crippen MR) is 168 cm³/mol. The fourth-order valence-corrected chi connectivity index (χ4v) is 8.11. The molecule has 4 rings (SSSR count). The molecule has 2 aliphatic heterocycles. The lowest BCUT2D eigenvalue weighted by Gasteiger charge is -2.33. The van der Waals surface area contributed by atoms with Crippen LogP contribution >= 0.6 is 23.5 Å². The van der Waals surface area contributed by atoms with Crippen LogP contribution in [-0.2, 0) is 20.9 Å². The van der Waals surface area contributed by atoms with E-state index in [1.54, 1.807) is 11.8 Å². The average Bonchev–Trinajstić information content (AvgIpc) is 3.48. The number of rotatable bonds is 12. The van der Waals surface area contributed by atoms with E-state index in [9.17, 15) is 14.4 Å². The molecule has 1 aromatic carbocycles. The standard InChI is InChI=1S/C31H48N4O4S2/c1-23(2)18-39-31(38)35-22-41-21-28(35)30(37)33-27(20-40-19-25-11-7-4-8-12-25)29(36)32-26-13-15-34(16-14-26)17-24-9-5-3-6-10-24/h3,5-6,9-10,23,25-28H,4,7-8,11-22H2,1-2H3,(H,32,36)(H,33,37). The molecule has 0 bridgehead atoms. The first kappa shape index (κ1) is 32.0. The van der Waals surface area contributed by atoms with Gasteiger partial charge in [0.1, 0.15) is 12.1 Å². The minimum absolute atomic E-state index is 0.0989. The van der Waals surface area contributed by atoms with Crippen LogP contribution in [0.1, 0.15) is 64.4 Å². The van der Waals surface area contributed by atoms with Crippen LogP contribution in [0.5, 0.6) is 0 Å². The number of thioether (sulfide) groups is 2.